The first-order chi connectivity index (χ1) is 16.3. The highest BCUT2D eigenvalue weighted by Gasteiger charge is 2.31. The number of likely N-dealkylation sites (N-methyl/N-ethyl adjacent to an activating group) is 1. The Hall–Kier alpha value is -3.30. The quantitative estimate of drug-likeness (QED) is 0.541. The molecule has 1 fully saturated rings. The Morgan fingerprint density at radius 2 is 1.71 bits per heavy atom. The molecule has 1 aliphatic heterocycles. The molecule has 1 aromatic heterocycles. The molecule has 6 nitrogen and oxygen atoms in total. The third-order valence-corrected chi connectivity index (χ3v) is 5.81. The van der Waals surface area contributed by atoms with Gasteiger partial charge < -0.3 is 19.9 Å². The first kappa shape index (κ1) is 23.8. The number of benzene rings is 2. The number of alkyl halides is 3. The van der Waals surface area contributed by atoms with E-state index in [1.165, 1.54) is 18.2 Å². The molecule has 1 saturated heterocycles. The number of ether oxygens (including phenoxy) is 1. The SMILES string of the molecule is CN1CCN(CCNC(=O)c2cc(-c3cccc(OC(F)(F)F)c3)[nH]c2-c2ccccc2)CC1. The first-order valence-electron chi connectivity index (χ1n) is 11.1. The van der Waals surface area contributed by atoms with Gasteiger partial charge in [0.15, 0.2) is 0 Å². The van der Waals surface area contributed by atoms with Crippen molar-refractivity contribution in [1.29, 1.82) is 0 Å². The molecule has 0 bridgehead atoms. The molecule has 1 aliphatic rings. The fourth-order valence-electron chi connectivity index (χ4n) is 3.98. The number of aromatic amines is 1. The molecule has 2 aromatic carbocycles. The summed E-state index contributed by atoms with van der Waals surface area (Å²) in [5.41, 5.74) is 2.85. The minimum atomic E-state index is -4.78. The number of hydrogen-bond acceptors (Lipinski definition) is 4. The topological polar surface area (TPSA) is 60.6 Å². The Labute approximate surface area is 196 Å². The number of aromatic nitrogens is 1. The van der Waals surface area contributed by atoms with Crippen molar-refractivity contribution in [2.75, 3.05) is 46.3 Å². The van der Waals surface area contributed by atoms with Crippen LogP contribution in [0.4, 0.5) is 13.2 Å². The molecule has 0 spiro atoms. The van der Waals surface area contributed by atoms with E-state index in [4.69, 9.17) is 0 Å². The Kier molecular flexibility index (Phi) is 7.23. The largest absolute Gasteiger partial charge is 0.573 e. The number of hydrogen-bond donors (Lipinski definition) is 2. The average molecular weight is 473 g/mol. The van der Waals surface area contributed by atoms with Crippen LogP contribution in [0.25, 0.3) is 22.5 Å². The van der Waals surface area contributed by atoms with Crippen molar-refractivity contribution in [2.24, 2.45) is 0 Å². The van der Waals surface area contributed by atoms with E-state index < -0.39 is 6.36 Å². The molecule has 34 heavy (non-hydrogen) atoms. The maximum absolute atomic E-state index is 13.1. The summed E-state index contributed by atoms with van der Waals surface area (Å²) in [5, 5.41) is 2.99. The number of halogens is 3. The van der Waals surface area contributed by atoms with Crippen LogP contribution >= 0.6 is 0 Å². The van der Waals surface area contributed by atoms with Crippen molar-refractivity contribution in [1.82, 2.24) is 20.1 Å². The predicted octanol–water partition coefficient (Wildman–Crippen LogP) is 4.22. The number of rotatable bonds is 7. The van der Waals surface area contributed by atoms with E-state index in [1.54, 1.807) is 12.1 Å². The van der Waals surface area contributed by atoms with E-state index in [0.717, 1.165) is 38.3 Å². The summed E-state index contributed by atoms with van der Waals surface area (Å²) in [6, 6.07) is 16.7. The number of carbonyl (C=O) groups is 1. The number of nitrogens with zero attached hydrogens (tertiary/aromatic N) is 2. The summed E-state index contributed by atoms with van der Waals surface area (Å²) in [5.74, 6) is -0.558. The van der Waals surface area contributed by atoms with E-state index in [-0.39, 0.29) is 11.7 Å². The Morgan fingerprint density at radius 1 is 1.00 bits per heavy atom. The van der Waals surface area contributed by atoms with Crippen molar-refractivity contribution in [3.05, 3.63) is 66.2 Å². The van der Waals surface area contributed by atoms with Crippen LogP contribution in [0.15, 0.2) is 60.7 Å². The van der Waals surface area contributed by atoms with Crippen LogP contribution in [0.5, 0.6) is 5.75 Å². The van der Waals surface area contributed by atoms with Crippen LogP contribution in [-0.4, -0.2) is 73.4 Å². The maximum Gasteiger partial charge on any atom is 0.573 e. The molecule has 0 aliphatic carbocycles. The number of amides is 1. The van der Waals surface area contributed by atoms with Crippen molar-refractivity contribution in [2.45, 2.75) is 6.36 Å². The van der Waals surface area contributed by atoms with Gasteiger partial charge in [0.05, 0.1) is 11.3 Å². The molecule has 9 heteroatoms. The van der Waals surface area contributed by atoms with Gasteiger partial charge in [-0.25, -0.2) is 0 Å². The van der Waals surface area contributed by atoms with Gasteiger partial charge in [-0.1, -0.05) is 42.5 Å². The van der Waals surface area contributed by atoms with Gasteiger partial charge in [0, 0.05) is 50.5 Å². The second-order valence-electron chi connectivity index (χ2n) is 8.31. The van der Waals surface area contributed by atoms with Gasteiger partial charge in [-0.3, -0.25) is 9.69 Å². The number of nitrogens with one attached hydrogen (secondary N) is 2. The normalized spacial score (nSPS) is 15.3. The zero-order valence-corrected chi connectivity index (χ0v) is 18.9. The van der Waals surface area contributed by atoms with Crippen LogP contribution < -0.4 is 10.1 Å². The lowest BCUT2D eigenvalue weighted by Crippen LogP contribution is -2.46. The molecule has 3 aromatic rings. The second kappa shape index (κ2) is 10.3. The lowest BCUT2D eigenvalue weighted by Gasteiger charge is -2.32. The fraction of sp³-hybridized carbons (Fsp3) is 0.320. The van der Waals surface area contributed by atoms with Crippen LogP contribution in [0.3, 0.4) is 0 Å². The van der Waals surface area contributed by atoms with Crippen LogP contribution in [0.2, 0.25) is 0 Å². The van der Waals surface area contributed by atoms with Crippen molar-refractivity contribution in [3.63, 3.8) is 0 Å². The molecule has 1 amide bonds. The number of piperazine rings is 1. The van der Waals surface area contributed by atoms with Gasteiger partial charge in [0.1, 0.15) is 5.75 Å². The summed E-state index contributed by atoms with van der Waals surface area (Å²) in [6.07, 6.45) is -4.78. The van der Waals surface area contributed by atoms with Gasteiger partial charge in [0.2, 0.25) is 0 Å². The average Bonchev–Trinajstić information content (AvgIpc) is 3.26. The first-order valence-corrected chi connectivity index (χ1v) is 11.1. The summed E-state index contributed by atoms with van der Waals surface area (Å²) in [6.45, 7) is 5.20. The lowest BCUT2D eigenvalue weighted by atomic mass is 10.1. The summed E-state index contributed by atoms with van der Waals surface area (Å²) >= 11 is 0. The van der Waals surface area contributed by atoms with Crippen LogP contribution in [0, 0.1) is 0 Å². The van der Waals surface area contributed by atoms with Crippen molar-refractivity contribution < 1.29 is 22.7 Å². The van der Waals surface area contributed by atoms with E-state index in [0.29, 0.717) is 29.1 Å². The minimum absolute atomic E-state index is 0.238. The van der Waals surface area contributed by atoms with Crippen LogP contribution in [-0.2, 0) is 0 Å². The Balaban J connectivity index is 1.54. The summed E-state index contributed by atoms with van der Waals surface area (Å²) in [7, 11) is 2.10. The van der Waals surface area contributed by atoms with Crippen molar-refractivity contribution in [3.8, 4) is 28.3 Å². The highest BCUT2D eigenvalue weighted by Crippen LogP contribution is 2.32. The van der Waals surface area contributed by atoms with E-state index in [1.807, 2.05) is 30.3 Å². The minimum Gasteiger partial charge on any atom is -0.406 e. The Morgan fingerprint density at radius 3 is 2.41 bits per heavy atom. The van der Waals surface area contributed by atoms with E-state index in [2.05, 4.69) is 31.9 Å². The highest BCUT2D eigenvalue weighted by molar-refractivity contribution is 6.01. The molecule has 180 valence electrons. The molecule has 0 atom stereocenters. The number of carbonyl (C=O) groups excluding carboxylic acids is 1. The zero-order chi connectivity index (χ0) is 24.1. The third kappa shape index (κ3) is 6.18. The van der Waals surface area contributed by atoms with Crippen molar-refractivity contribution >= 4 is 5.91 Å². The standard InChI is InChI=1S/C25H27F3N4O2/c1-31-12-14-32(15-13-31)11-10-29-24(33)21-17-22(30-23(21)18-6-3-2-4-7-18)19-8-5-9-20(16-19)34-25(26,27)28/h2-9,16-17,30H,10-15H2,1H3,(H,29,33). The fourth-order valence-corrected chi connectivity index (χ4v) is 3.98. The smallest absolute Gasteiger partial charge is 0.406 e. The van der Waals surface area contributed by atoms with Gasteiger partial charge >= 0.3 is 6.36 Å². The maximum atomic E-state index is 13.1. The second-order valence-corrected chi connectivity index (χ2v) is 8.31. The molecule has 2 heterocycles. The number of H-pyrrole nitrogens is 1. The summed E-state index contributed by atoms with van der Waals surface area (Å²) < 4.78 is 42.0. The van der Waals surface area contributed by atoms with Gasteiger partial charge in [-0.05, 0) is 30.8 Å². The van der Waals surface area contributed by atoms with Gasteiger partial charge in [0.25, 0.3) is 5.91 Å². The Bertz CT molecular complexity index is 1110. The molecule has 0 radical (unpaired) electrons. The molecule has 4 rings (SSSR count). The molecule has 2 N–H and O–H groups in total. The molecular weight excluding hydrogens is 445 g/mol. The van der Waals surface area contributed by atoms with E-state index >= 15 is 0 Å². The van der Waals surface area contributed by atoms with Gasteiger partial charge in [-0.15, -0.1) is 13.2 Å². The van der Waals surface area contributed by atoms with Crippen LogP contribution in [0.1, 0.15) is 10.4 Å². The predicted molar refractivity (Wildman–Crippen MR) is 125 cm³/mol. The highest BCUT2D eigenvalue weighted by atomic mass is 19.4. The van der Waals surface area contributed by atoms with Gasteiger partial charge in [-0.2, -0.15) is 0 Å². The molecular formula is C25H27F3N4O2. The zero-order valence-electron chi connectivity index (χ0n) is 18.9. The monoisotopic (exact) mass is 472 g/mol. The molecule has 0 unspecified atom stereocenters. The molecule has 0 saturated carbocycles. The summed E-state index contributed by atoms with van der Waals surface area (Å²) in [4.78, 5) is 20.9. The third-order valence-electron chi connectivity index (χ3n) is 5.81. The van der Waals surface area contributed by atoms with E-state index in [9.17, 15) is 18.0 Å². The lowest BCUT2D eigenvalue weighted by molar-refractivity contribution is -0.274.